The molecular weight excluding hydrogens is 452 g/mol. The first-order valence-electron chi connectivity index (χ1n) is 11.0. The van der Waals surface area contributed by atoms with Gasteiger partial charge < -0.3 is 24.3 Å². The number of nitrogens with one attached hydrogen (secondary N) is 1. The van der Waals surface area contributed by atoms with Gasteiger partial charge in [0.1, 0.15) is 37.7 Å². The van der Waals surface area contributed by atoms with Gasteiger partial charge in [0, 0.05) is 35.3 Å². The zero-order valence-electron chi connectivity index (χ0n) is 18.7. The lowest BCUT2D eigenvalue weighted by molar-refractivity contribution is -0.384. The number of non-ortho nitro benzene ring substituents is 1. The van der Waals surface area contributed by atoms with Crippen LogP contribution in [0.5, 0.6) is 17.2 Å². The molecule has 178 valence electrons. The predicted molar refractivity (Wildman–Crippen MR) is 129 cm³/mol. The highest BCUT2D eigenvalue weighted by Gasteiger charge is 2.14. The van der Waals surface area contributed by atoms with Gasteiger partial charge in [-0.3, -0.25) is 10.1 Å². The maximum atomic E-state index is 10.8. The van der Waals surface area contributed by atoms with Crippen molar-refractivity contribution in [3.8, 4) is 17.2 Å². The molecule has 10 nitrogen and oxygen atoms in total. The van der Waals surface area contributed by atoms with E-state index >= 15 is 0 Å². The lowest BCUT2D eigenvalue weighted by Gasteiger charge is -2.14. The quantitative estimate of drug-likeness (QED) is 0.315. The van der Waals surface area contributed by atoms with Crippen LogP contribution in [0.1, 0.15) is 5.56 Å². The number of anilines is 2. The summed E-state index contributed by atoms with van der Waals surface area (Å²) in [6.45, 7) is 2.13. The second-order valence-electron chi connectivity index (χ2n) is 7.71. The van der Waals surface area contributed by atoms with Crippen LogP contribution in [0.3, 0.4) is 0 Å². The van der Waals surface area contributed by atoms with Gasteiger partial charge in [-0.15, -0.1) is 0 Å². The van der Waals surface area contributed by atoms with E-state index in [-0.39, 0.29) is 12.3 Å². The molecule has 0 atom stereocenters. The van der Waals surface area contributed by atoms with Crippen LogP contribution < -0.4 is 19.5 Å². The van der Waals surface area contributed by atoms with Crippen molar-refractivity contribution in [2.45, 2.75) is 6.61 Å². The molecule has 0 spiro atoms. The van der Waals surface area contributed by atoms with Crippen LogP contribution >= 0.6 is 0 Å². The largest absolute Gasteiger partial charge is 0.489 e. The van der Waals surface area contributed by atoms with E-state index in [1.165, 1.54) is 18.5 Å². The molecule has 4 aromatic rings. The van der Waals surface area contributed by atoms with E-state index in [9.17, 15) is 10.1 Å². The number of fused-ring (bicyclic) bond motifs is 2. The van der Waals surface area contributed by atoms with Crippen LogP contribution in [0.2, 0.25) is 0 Å². The summed E-state index contributed by atoms with van der Waals surface area (Å²) in [5, 5.41) is 14.9. The van der Waals surface area contributed by atoms with Crippen molar-refractivity contribution in [1.29, 1.82) is 0 Å². The molecule has 10 heteroatoms. The van der Waals surface area contributed by atoms with Crippen LogP contribution in [-0.4, -0.2) is 41.3 Å². The van der Waals surface area contributed by atoms with E-state index in [4.69, 9.17) is 18.9 Å². The third-order valence-electron chi connectivity index (χ3n) is 5.32. The molecule has 0 aliphatic carbocycles. The minimum Gasteiger partial charge on any atom is -0.489 e. The van der Waals surface area contributed by atoms with Crippen molar-refractivity contribution < 1.29 is 23.9 Å². The molecule has 2 heterocycles. The Bertz CT molecular complexity index is 1350. The minimum absolute atomic E-state index is 0.0466. The zero-order valence-corrected chi connectivity index (χ0v) is 18.7. The summed E-state index contributed by atoms with van der Waals surface area (Å²) in [6, 6.07) is 17.5. The molecule has 0 amide bonds. The highest BCUT2D eigenvalue weighted by Crippen LogP contribution is 2.35. The number of benzene rings is 3. The summed E-state index contributed by atoms with van der Waals surface area (Å²) in [4.78, 5) is 19.2. The smallest absolute Gasteiger partial charge is 0.269 e. The van der Waals surface area contributed by atoms with Crippen molar-refractivity contribution in [2.24, 2.45) is 0 Å². The molecule has 1 N–H and O–H groups in total. The van der Waals surface area contributed by atoms with Crippen LogP contribution in [0.15, 0.2) is 67.0 Å². The number of nitro groups is 1. The number of hydrogen-bond acceptors (Lipinski definition) is 9. The lowest BCUT2D eigenvalue weighted by Crippen LogP contribution is -2.08. The van der Waals surface area contributed by atoms with E-state index in [0.717, 1.165) is 22.2 Å². The number of aromatic nitrogens is 2. The average molecular weight is 474 g/mol. The third kappa shape index (κ3) is 5.39. The highest BCUT2D eigenvalue weighted by atomic mass is 16.6. The Balaban J connectivity index is 1.34. The van der Waals surface area contributed by atoms with Gasteiger partial charge in [-0.05, 0) is 35.9 Å². The number of hydrogen-bond donors (Lipinski definition) is 1. The maximum absolute atomic E-state index is 10.8. The second-order valence-corrected chi connectivity index (χ2v) is 7.71. The standard InChI is InChI=1S/C25H22N4O6/c30-29(31)19-6-4-17(5-7-19)15-35-20-3-1-2-18(12-20)28-25-21-13-23-24(14-22(21)26-16-27-25)34-11-9-32-8-10-33-23/h1-7,12-14,16H,8-11,15H2,(H,26,27,28). The summed E-state index contributed by atoms with van der Waals surface area (Å²) in [6.07, 6.45) is 1.49. The monoisotopic (exact) mass is 474 g/mol. The van der Waals surface area contributed by atoms with Crippen LogP contribution in [-0.2, 0) is 11.3 Å². The van der Waals surface area contributed by atoms with Gasteiger partial charge in [0.15, 0.2) is 11.5 Å². The number of rotatable bonds is 6. The van der Waals surface area contributed by atoms with E-state index < -0.39 is 4.92 Å². The first-order valence-corrected chi connectivity index (χ1v) is 11.0. The minimum atomic E-state index is -0.426. The Kier molecular flexibility index (Phi) is 6.53. The molecule has 0 bridgehead atoms. The van der Waals surface area contributed by atoms with E-state index in [0.29, 0.717) is 49.5 Å². The normalized spacial score (nSPS) is 13.4. The molecule has 0 fully saturated rings. The SMILES string of the molecule is O=[N+]([O-])c1ccc(COc2cccc(Nc3ncnc4cc5c(cc34)OCCOCCO5)c2)cc1. The molecular formula is C25H22N4O6. The van der Waals surface area contributed by atoms with Gasteiger partial charge in [0.2, 0.25) is 0 Å². The Morgan fingerprint density at radius 3 is 2.49 bits per heavy atom. The van der Waals surface area contributed by atoms with Crippen LogP contribution in [0.4, 0.5) is 17.2 Å². The Labute approximate surface area is 200 Å². The first-order chi connectivity index (χ1) is 17.2. The first kappa shape index (κ1) is 22.4. The highest BCUT2D eigenvalue weighted by molar-refractivity contribution is 5.93. The molecule has 35 heavy (non-hydrogen) atoms. The zero-order chi connectivity index (χ0) is 24.0. The fourth-order valence-corrected chi connectivity index (χ4v) is 3.59. The fraction of sp³-hybridized carbons (Fsp3) is 0.200. The molecule has 0 saturated carbocycles. The number of nitro benzene ring substituents is 1. The summed E-state index contributed by atoms with van der Waals surface area (Å²) in [7, 11) is 0. The number of nitrogens with zero attached hydrogens (tertiary/aromatic N) is 3. The molecule has 1 aromatic heterocycles. The van der Waals surface area contributed by atoms with Crippen molar-refractivity contribution in [1.82, 2.24) is 9.97 Å². The molecule has 3 aromatic carbocycles. The summed E-state index contributed by atoms with van der Waals surface area (Å²) in [5.41, 5.74) is 2.37. The Hall–Kier alpha value is -4.44. The molecule has 1 aliphatic rings. The van der Waals surface area contributed by atoms with Crippen molar-refractivity contribution in [3.05, 3.63) is 82.7 Å². The van der Waals surface area contributed by atoms with E-state index in [1.54, 1.807) is 12.1 Å². The van der Waals surface area contributed by atoms with Crippen molar-refractivity contribution >= 4 is 28.1 Å². The van der Waals surface area contributed by atoms with Gasteiger partial charge >= 0.3 is 0 Å². The van der Waals surface area contributed by atoms with Crippen molar-refractivity contribution in [2.75, 3.05) is 31.7 Å². The average Bonchev–Trinajstić information content (AvgIpc) is 2.99. The number of ether oxygens (including phenoxy) is 4. The Morgan fingerprint density at radius 2 is 1.71 bits per heavy atom. The van der Waals surface area contributed by atoms with Gasteiger partial charge in [0.25, 0.3) is 5.69 Å². The topological polar surface area (TPSA) is 118 Å². The molecule has 5 rings (SSSR count). The molecule has 0 saturated heterocycles. The summed E-state index contributed by atoms with van der Waals surface area (Å²) < 4.78 is 22.9. The maximum Gasteiger partial charge on any atom is 0.269 e. The Morgan fingerprint density at radius 1 is 0.943 bits per heavy atom. The van der Waals surface area contributed by atoms with Crippen LogP contribution in [0, 0.1) is 10.1 Å². The van der Waals surface area contributed by atoms with Gasteiger partial charge in [-0.25, -0.2) is 9.97 Å². The third-order valence-corrected chi connectivity index (χ3v) is 5.32. The van der Waals surface area contributed by atoms with Gasteiger partial charge in [-0.2, -0.15) is 0 Å². The molecule has 0 radical (unpaired) electrons. The van der Waals surface area contributed by atoms with E-state index in [2.05, 4.69) is 15.3 Å². The van der Waals surface area contributed by atoms with Crippen LogP contribution in [0.25, 0.3) is 10.9 Å². The second kappa shape index (κ2) is 10.2. The van der Waals surface area contributed by atoms with Crippen molar-refractivity contribution in [3.63, 3.8) is 0 Å². The predicted octanol–water partition coefficient (Wildman–Crippen LogP) is 4.65. The lowest BCUT2D eigenvalue weighted by atomic mass is 10.2. The summed E-state index contributed by atoms with van der Waals surface area (Å²) in [5.74, 6) is 2.49. The fourth-order valence-electron chi connectivity index (χ4n) is 3.59. The van der Waals surface area contributed by atoms with Gasteiger partial charge in [0.05, 0.1) is 23.7 Å². The summed E-state index contributed by atoms with van der Waals surface area (Å²) >= 11 is 0. The van der Waals surface area contributed by atoms with E-state index in [1.807, 2.05) is 36.4 Å². The molecule has 1 aliphatic heterocycles. The van der Waals surface area contributed by atoms with Gasteiger partial charge in [-0.1, -0.05) is 6.07 Å². The molecule has 0 unspecified atom stereocenters.